The maximum atomic E-state index is 12.0. The first-order valence-corrected chi connectivity index (χ1v) is 6.78. The van der Waals surface area contributed by atoms with Crippen LogP contribution in [0.3, 0.4) is 0 Å². The van der Waals surface area contributed by atoms with Crippen molar-refractivity contribution in [1.29, 1.82) is 5.26 Å². The van der Waals surface area contributed by atoms with E-state index in [1.165, 1.54) is 0 Å². The summed E-state index contributed by atoms with van der Waals surface area (Å²) < 4.78 is 1.20. The summed E-state index contributed by atoms with van der Waals surface area (Å²) in [5.74, 6) is 0. The molecule has 0 N–H and O–H groups in total. The van der Waals surface area contributed by atoms with Crippen LogP contribution in [0.25, 0.3) is 0 Å². The third-order valence-electron chi connectivity index (χ3n) is 2.20. The molecule has 0 saturated carbocycles. The van der Waals surface area contributed by atoms with Crippen molar-refractivity contribution in [3.63, 3.8) is 0 Å². The molecule has 0 spiro atoms. The zero-order valence-electron chi connectivity index (χ0n) is 8.96. The van der Waals surface area contributed by atoms with Gasteiger partial charge in [-0.1, -0.05) is 0 Å². The number of carbonyl (C=O) groups is 1. The molecule has 0 unspecified atom stereocenters. The Labute approximate surface area is 106 Å². The van der Waals surface area contributed by atoms with Crippen molar-refractivity contribution in [2.75, 3.05) is 0 Å². The number of benzene rings is 2. The van der Waals surface area contributed by atoms with Crippen molar-refractivity contribution in [2.24, 2.45) is 0 Å². The van der Waals surface area contributed by atoms with Crippen LogP contribution >= 0.6 is 0 Å². The van der Waals surface area contributed by atoms with Crippen LogP contribution in [0.2, 0.25) is 0 Å². The summed E-state index contributed by atoms with van der Waals surface area (Å²) in [5.41, 5.74) is 1.25. The second kappa shape index (κ2) is 5.45. The van der Waals surface area contributed by atoms with Gasteiger partial charge in [-0.05, 0) is 0 Å². The quantitative estimate of drug-likeness (QED) is 0.806. The Balaban J connectivity index is 2.13. The van der Waals surface area contributed by atoms with Gasteiger partial charge >= 0.3 is 106 Å². The molecule has 2 aromatic rings. The SMILES string of the molecule is N#Cc1ccc(C(=O)[Se]c2ccccc2)cc1. The predicted octanol–water partition coefficient (Wildman–Crippen LogP) is 1.73. The summed E-state index contributed by atoms with van der Waals surface area (Å²) in [5, 5.41) is 8.67. The zero-order valence-corrected chi connectivity index (χ0v) is 10.7. The summed E-state index contributed by atoms with van der Waals surface area (Å²) in [6.07, 6.45) is 0. The summed E-state index contributed by atoms with van der Waals surface area (Å²) >= 11 is -0.199. The normalized spacial score (nSPS) is 9.59. The molecule has 0 aliphatic heterocycles. The summed E-state index contributed by atoms with van der Waals surface area (Å²) in [6.45, 7) is 0. The van der Waals surface area contributed by atoms with Gasteiger partial charge in [0, 0.05) is 0 Å². The molecule has 0 radical (unpaired) electrons. The Hall–Kier alpha value is -1.88. The van der Waals surface area contributed by atoms with Crippen molar-refractivity contribution < 1.29 is 4.79 Å². The molecule has 3 heteroatoms. The Morgan fingerprint density at radius 3 is 2.24 bits per heavy atom. The van der Waals surface area contributed by atoms with Gasteiger partial charge in [-0.3, -0.25) is 0 Å². The van der Waals surface area contributed by atoms with Crippen LogP contribution in [-0.2, 0) is 0 Å². The number of nitriles is 1. The first-order chi connectivity index (χ1) is 8.29. The fraction of sp³-hybridized carbons (Fsp3) is 0. The maximum absolute atomic E-state index is 12.0. The molecule has 0 aliphatic rings. The van der Waals surface area contributed by atoms with Gasteiger partial charge in [0.2, 0.25) is 0 Å². The van der Waals surface area contributed by atoms with Crippen LogP contribution < -0.4 is 4.46 Å². The van der Waals surface area contributed by atoms with E-state index >= 15 is 0 Å². The number of rotatable bonds is 3. The van der Waals surface area contributed by atoms with Gasteiger partial charge in [0.15, 0.2) is 0 Å². The molecule has 17 heavy (non-hydrogen) atoms. The topological polar surface area (TPSA) is 40.9 Å². The van der Waals surface area contributed by atoms with E-state index < -0.39 is 0 Å². The van der Waals surface area contributed by atoms with E-state index in [9.17, 15) is 4.79 Å². The van der Waals surface area contributed by atoms with Gasteiger partial charge in [0.25, 0.3) is 0 Å². The van der Waals surface area contributed by atoms with E-state index in [1.807, 2.05) is 36.4 Å². The molecular formula is C14H9NOSe. The molecule has 0 saturated heterocycles. The predicted molar refractivity (Wildman–Crippen MR) is 67.3 cm³/mol. The molecular weight excluding hydrogens is 277 g/mol. The molecule has 82 valence electrons. The summed E-state index contributed by atoms with van der Waals surface area (Å²) in [7, 11) is 0. The van der Waals surface area contributed by atoms with E-state index in [0.717, 1.165) is 4.46 Å². The Bertz CT molecular complexity index is 555. The molecule has 0 heterocycles. The van der Waals surface area contributed by atoms with Crippen LogP contribution in [0.5, 0.6) is 0 Å². The molecule has 2 rings (SSSR count). The van der Waals surface area contributed by atoms with Crippen molar-refractivity contribution in [2.45, 2.75) is 0 Å². The third kappa shape index (κ3) is 3.04. The zero-order chi connectivity index (χ0) is 12.1. The van der Waals surface area contributed by atoms with E-state index in [4.69, 9.17) is 5.26 Å². The first-order valence-electron chi connectivity index (χ1n) is 5.07. The molecule has 0 bridgehead atoms. The van der Waals surface area contributed by atoms with Crippen LogP contribution in [0.4, 0.5) is 0 Å². The molecule has 0 atom stereocenters. The Kier molecular flexibility index (Phi) is 3.72. The minimum atomic E-state index is -0.199. The van der Waals surface area contributed by atoms with Crippen molar-refractivity contribution in [3.05, 3.63) is 65.7 Å². The molecule has 2 nitrogen and oxygen atoms in total. The fourth-order valence-electron chi connectivity index (χ4n) is 1.34. The average Bonchev–Trinajstić information content (AvgIpc) is 2.40. The number of hydrogen-bond acceptors (Lipinski definition) is 2. The van der Waals surface area contributed by atoms with Crippen LogP contribution in [-0.4, -0.2) is 19.6 Å². The van der Waals surface area contributed by atoms with Crippen LogP contribution in [0.15, 0.2) is 54.6 Å². The number of nitrogens with zero attached hydrogens (tertiary/aromatic N) is 1. The molecule has 0 aliphatic carbocycles. The van der Waals surface area contributed by atoms with Gasteiger partial charge in [0.05, 0.1) is 0 Å². The summed E-state index contributed by atoms with van der Waals surface area (Å²) in [4.78, 5) is 12.0. The standard InChI is InChI=1S/C14H9NOSe/c15-10-11-6-8-12(9-7-11)14(16)17-13-4-2-1-3-5-13/h1-9H. The van der Waals surface area contributed by atoms with E-state index in [-0.39, 0.29) is 19.6 Å². The van der Waals surface area contributed by atoms with Crippen LogP contribution in [0, 0.1) is 11.3 Å². The number of carbonyl (C=O) groups excluding carboxylic acids is 1. The molecule has 0 amide bonds. The van der Waals surface area contributed by atoms with Crippen molar-refractivity contribution >= 4 is 24.1 Å². The first kappa shape index (κ1) is 11.6. The second-order valence-electron chi connectivity index (χ2n) is 3.39. The van der Waals surface area contributed by atoms with Gasteiger partial charge in [-0.15, -0.1) is 0 Å². The van der Waals surface area contributed by atoms with Gasteiger partial charge in [-0.25, -0.2) is 0 Å². The van der Waals surface area contributed by atoms with Crippen LogP contribution in [0.1, 0.15) is 15.9 Å². The van der Waals surface area contributed by atoms with Gasteiger partial charge in [0.1, 0.15) is 0 Å². The molecule has 2 aromatic carbocycles. The van der Waals surface area contributed by atoms with Crippen molar-refractivity contribution in [3.8, 4) is 6.07 Å². The van der Waals surface area contributed by atoms with Crippen molar-refractivity contribution in [1.82, 2.24) is 0 Å². The average molecular weight is 286 g/mol. The Morgan fingerprint density at radius 2 is 1.65 bits per heavy atom. The van der Waals surface area contributed by atoms with Gasteiger partial charge < -0.3 is 0 Å². The van der Waals surface area contributed by atoms with E-state index in [1.54, 1.807) is 24.3 Å². The Morgan fingerprint density at radius 1 is 1.00 bits per heavy atom. The molecule has 0 aromatic heterocycles. The summed E-state index contributed by atoms with van der Waals surface area (Å²) in [6, 6.07) is 18.5. The van der Waals surface area contributed by atoms with Gasteiger partial charge in [-0.2, -0.15) is 0 Å². The van der Waals surface area contributed by atoms with E-state index in [2.05, 4.69) is 0 Å². The monoisotopic (exact) mass is 287 g/mol. The minimum absolute atomic E-state index is 0.133. The second-order valence-corrected chi connectivity index (χ2v) is 5.59. The van der Waals surface area contributed by atoms with E-state index in [0.29, 0.717) is 11.1 Å². The third-order valence-corrected chi connectivity index (χ3v) is 4.15. The number of hydrogen-bond donors (Lipinski definition) is 0. The fourth-order valence-corrected chi connectivity index (χ4v) is 2.93. The molecule has 0 fully saturated rings.